The van der Waals surface area contributed by atoms with E-state index in [1.807, 2.05) is 0 Å². The van der Waals surface area contributed by atoms with Crippen molar-refractivity contribution >= 4 is 0 Å². The second-order valence-corrected chi connectivity index (χ2v) is 7.15. The summed E-state index contributed by atoms with van der Waals surface area (Å²) in [5, 5.41) is 30.7. The molecule has 2 aromatic carbocycles. The van der Waals surface area contributed by atoms with Crippen LogP contribution in [0.15, 0.2) is 30.3 Å². The number of hydrogen-bond donors (Lipinski definition) is 3. The Balaban J connectivity index is 1.66. The fourth-order valence-electron chi connectivity index (χ4n) is 4.25. The van der Waals surface area contributed by atoms with Crippen LogP contribution in [0.5, 0.6) is 28.7 Å². The Bertz CT molecular complexity index is 873. The lowest BCUT2D eigenvalue weighted by molar-refractivity contribution is -0.134. The van der Waals surface area contributed by atoms with Crippen LogP contribution in [-0.4, -0.2) is 49.5 Å². The minimum absolute atomic E-state index is 0.0372. The fraction of sp³-hybridized carbons (Fsp3) is 0.429. The Labute approximate surface area is 168 Å². The maximum absolute atomic E-state index is 10.7. The topological polar surface area (TPSA) is 107 Å². The molecule has 29 heavy (non-hydrogen) atoms. The molecule has 2 heterocycles. The van der Waals surface area contributed by atoms with E-state index in [1.165, 1.54) is 21.3 Å². The van der Waals surface area contributed by atoms with Crippen LogP contribution in [0.4, 0.5) is 0 Å². The molecular weight excluding hydrogens is 380 g/mol. The first-order chi connectivity index (χ1) is 14.0. The summed E-state index contributed by atoms with van der Waals surface area (Å²) in [6, 6.07) is 8.34. The van der Waals surface area contributed by atoms with Crippen molar-refractivity contribution in [1.29, 1.82) is 0 Å². The minimum Gasteiger partial charge on any atom is -0.504 e. The van der Waals surface area contributed by atoms with Gasteiger partial charge in [-0.2, -0.15) is 0 Å². The number of aliphatic hydroxyl groups excluding tert-OH is 1. The van der Waals surface area contributed by atoms with E-state index >= 15 is 0 Å². The fourth-order valence-corrected chi connectivity index (χ4v) is 4.25. The van der Waals surface area contributed by atoms with E-state index in [9.17, 15) is 15.3 Å². The van der Waals surface area contributed by atoms with E-state index in [4.69, 9.17) is 23.7 Å². The summed E-state index contributed by atoms with van der Waals surface area (Å²) in [4.78, 5) is 0. The molecule has 8 heteroatoms. The quantitative estimate of drug-likeness (QED) is 0.698. The average molecular weight is 404 g/mol. The van der Waals surface area contributed by atoms with Crippen molar-refractivity contribution in [3.63, 3.8) is 0 Å². The lowest BCUT2D eigenvalue weighted by Gasteiger charge is -2.21. The second-order valence-electron chi connectivity index (χ2n) is 7.15. The van der Waals surface area contributed by atoms with E-state index in [1.54, 1.807) is 30.3 Å². The van der Waals surface area contributed by atoms with Crippen LogP contribution in [0.1, 0.15) is 23.3 Å². The number of fused-ring (bicyclic) bond motifs is 1. The van der Waals surface area contributed by atoms with Crippen molar-refractivity contribution in [2.24, 2.45) is 11.8 Å². The molecule has 4 rings (SSSR count). The van der Waals surface area contributed by atoms with E-state index in [2.05, 4.69) is 0 Å². The van der Waals surface area contributed by atoms with Gasteiger partial charge in [-0.25, -0.2) is 0 Å². The summed E-state index contributed by atoms with van der Waals surface area (Å²) < 4.78 is 27.6. The Morgan fingerprint density at radius 2 is 1.48 bits per heavy atom. The third kappa shape index (κ3) is 3.23. The summed E-state index contributed by atoms with van der Waals surface area (Å²) in [7, 11) is 4.39. The molecule has 0 amide bonds. The van der Waals surface area contributed by atoms with Gasteiger partial charge in [0.05, 0.1) is 40.1 Å². The van der Waals surface area contributed by atoms with Crippen molar-refractivity contribution in [2.45, 2.75) is 18.5 Å². The zero-order valence-electron chi connectivity index (χ0n) is 16.4. The van der Waals surface area contributed by atoms with Crippen LogP contribution in [0.3, 0.4) is 0 Å². The van der Waals surface area contributed by atoms with Gasteiger partial charge in [0.15, 0.2) is 29.3 Å². The van der Waals surface area contributed by atoms with E-state index < -0.39 is 18.5 Å². The highest BCUT2D eigenvalue weighted by Gasteiger charge is 2.53. The molecule has 3 unspecified atom stereocenters. The molecule has 0 saturated carbocycles. The largest absolute Gasteiger partial charge is 0.504 e. The number of ether oxygens (including phenoxy) is 5. The number of benzene rings is 2. The number of aromatic hydroxyl groups is 2. The monoisotopic (exact) mass is 404 g/mol. The van der Waals surface area contributed by atoms with Crippen molar-refractivity contribution < 1.29 is 39.0 Å². The number of aliphatic hydroxyl groups is 1. The third-order valence-electron chi connectivity index (χ3n) is 5.68. The zero-order chi connectivity index (χ0) is 20.7. The van der Waals surface area contributed by atoms with Gasteiger partial charge < -0.3 is 39.0 Å². The Morgan fingerprint density at radius 3 is 2.10 bits per heavy atom. The maximum atomic E-state index is 10.7. The SMILES string of the molecule is COc1cc([C@H]2OC(O)C3C(c4cc(OC)c(O)c(OC)c4)OC[C@@H]32)ccc1O. The molecule has 2 aliphatic heterocycles. The first kappa shape index (κ1) is 19.6. The second kappa shape index (κ2) is 7.62. The van der Waals surface area contributed by atoms with Gasteiger partial charge in [0.1, 0.15) is 0 Å². The summed E-state index contributed by atoms with van der Waals surface area (Å²) in [5.74, 6) is 0.390. The molecule has 5 atom stereocenters. The number of phenolic OH excluding ortho intramolecular Hbond substituents is 2. The molecule has 2 aromatic rings. The highest BCUT2D eigenvalue weighted by molar-refractivity contribution is 5.53. The van der Waals surface area contributed by atoms with E-state index in [-0.39, 0.29) is 34.8 Å². The molecule has 2 aliphatic rings. The molecule has 2 fully saturated rings. The number of hydrogen-bond acceptors (Lipinski definition) is 8. The normalized spacial score (nSPS) is 28.2. The highest BCUT2D eigenvalue weighted by atomic mass is 16.6. The van der Waals surface area contributed by atoms with Crippen molar-refractivity contribution in [3.8, 4) is 28.7 Å². The van der Waals surface area contributed by atoms with Gasteiger partial charge in [0, 0.05) is 11.8 Å². The van der Waals surface area contributed by atoms with Crippen LogP contribution in [0.2, 0.25) is 0 Å². The van der Waals surface area contributed by atoms with Gasteiger partial charge >= 0.3 is 0 Å². The molecule has 156 valence electrons. The Hall–Kier alpha value is -2.68. The Morgan fingerprint density at radius 1 is 0.862 bits per heavy atom. The zero-order valence-corrected chi connectivity index (χ0v) is 16.4. The molecule has 0 radical (unpaired) electrons. The van der Waals surface area contributed by atoms with Crippen LogP contribution >= 0.6 is 0 Å². The standard InChI is InChI=1S/C21H24O8/c1-25-14-6-10(4-5-13(14)22)19-12-9-28-20(17(12)21(24)29-19)11-7-15(26-2)18(23)16(8-11)27-3/h4-8,12,17,19-24H,9H2,1-3H3/t12-,17?,19+,20?,21?/m0/s1. The van der Waals surface area contributed by atoms with E-state index in [0.717, 1.165) is 11.1 Å². The maximum Gasteiger partial charge on any atom is 0.200 e. The first-order valence-electron chi connectivity index (χ1n) is 9.25. The molecule has 3 N–H and O–H groups in total. The lowest BCUT2D eigenvalue weighted by Crippen LogP contribution is -2.22. The molecule has 0 aliphatic carbocycles. The summed E-state index contributed by atoms with van der Waals surface area (Å²) >= 11 is 0. The van der Waals surface area contributed by atoms with Gasteiger partial charge in [-0.3, -0.25) is 0 Å². The van der Waals surface area contributed by atoms with Crippen molar-refractivity contribution in [1.82, 2.24) is 0 Å². The molecule has 8 nitrogen and oxygen atoms in total. The van der Waals surface area contributed by atoms with Crippen molar-refractivity contribution in [3.05, 3.63) is 41.5 Å². The molecule has 0 aromatic heterocycles. The highest BCUT2D eigenvalue weighted by Crippen LogP contribution is 2.54. The van der Waals surface area contributed by atoms with Crippen LogP contribution in [0, 0.1) is 11.8 Å². The summed E-state index contributed by atoms with van der Waals surface area (Å²) in [6.45, 7) is 0.381. The average Bonchev–Trinajstić information content (AvgIpc) is 3.30. The van der Waals surface area contributed by atoms with Crippen LogP contribution in [0.25, 0.3) is 0 Å². The van der Waals surface area contributed by atoms with Crippen LogP contribution < -0.4 is 14.2 Å². The number of methoxy groups -OCH3 is 3. The van der Waals surface area contributed by atoms with Gasteiger partial charge in [0.25, 0.3) is 0 Å². The predicted octanol–water partition coefficient (Wildman–Crippen LogP) is 2.52. The van der Waals surface area contributed by atoms with Crippen molar-refractivity contribution in [2.75, 3.05) is 27.9 Å². The predicted molar refractivity (Wildman–Crippen MR) is 101 cm³/mol. The minimum atomic E-state index is -1.04. The molecule has 0 bridgehead atoms. The van der Waals surface area contributed by atoms with Gasteiger partial charge in [0.2, 0.25) is 5.75 Å². The Kier molecular flexibility index (Phi) is 5.16. The smallest absolute Gasteiger partial charge is 0.200 e. The first-order valence-corrected chi connectivity index (χ1v) is 9.25. The van der Waals surface area contributed by atoms with E-state index in [0.29, 0.717) is 12.4 Å². The molecular formula is C21H24O8. The number of phenols is 2. The molecule has 0 spiro atoms. The van der Waals surface area contributed by atoms with Gasteiger partial charge in [-0.1, -0.05) is 6.07 Å². The number of rotatable bonds is 5. The lowest BCUT2D eigenvalue weighted by atomic mass is 9.84. The van der Waals surface area contributed by atoms with Gasteiger partial charge in [-0.05, 0) is 35.4 Å². The molecule has 2 saturated heterocycles. The third-order valence-corrected chi connectivity index (χ3v) is 5.68. The van der Waals surface area contributed by atoms with Gasteiger partial charge in [-0.15, -0.1) is 0 Å². The van der Waals surface area contributed by atoms with Crippen LogP contribution in [-0.2, 0) is 9.47 Å². The summed E-state index contributed by atoms with van der Waals surface area (Å²) in [5.41, 5.74) is 1.51. The summed E-state index contributed by atoms with van der Waals surface area (Å²) in [6.07, 6.45) is -1.90.